The van der Waals surface area contributed by atoms with E-state index in [4.69, 9.17) is 5.73 Å². The third-order valence-corrected chi connectivity index (χ3v) is 3.21. The number of nitrogens with two attached hydrogens (primary N) is 1. The summed E-state index contributed by atoms with van der Waals surface area (Å²) in [6.07, 6.45) is 0.909. The molecule has 1 unspecified atom stereocenters. The maximum Gasteiger partial charge on any atom is 0.123 e. The van der Waals surface area contributed by atoms with Crippen LogP contribution in [0.2, 0.25) is 0 Å². The van der Waals surface area contributed by atoms with Crippen molar-refractivity contribution in [2.45, 2.75) is 26.3 Å². The zero-order chi connectivity index (χ0) is 13.1. The summed E-state index contributed by atoms with van der Waals surface area (Å²) in [6, 6.07) is 7.00. The molecule has 0 spiro atoms. The Hall–Kier alpha value is -0.930. The van der Waals surface area contributed by atoms with E-state index in [1.807, 2.05) is 20.2 Å². The van der Waals surface area contributed by atoms with Crippen molar-refractivity contribution >= 4 is 0 Å². The predicted octanol–water partition coefficient (Wildman–Crippen LogP) is 2.80. The van der Waals surface area contributed by atoms with Crippen LogP contribution in [-0.2, 0) is 0 Å². The summed E-state index contributed by atoms with van der Waals surface area (Å²) in [5.41, 5.74) is 6.70. The molecule has 0 aliphatic heterocycles. The van der Waals surface area contributed by atoms with Gasteiger partial charge in [-0.1, -0.05) is 26.0 Å². The second-order valence-electron chi connectivity index (χ2n) is 5.45. The van der Waals surface area contributed by atoms with Crippen molar-refractivity contribution in [1.29, 1.82) is 0 Å². The molecule has 2 N–H and O–H groups in total. The minimum absolute atomic E-state index is 0.0199. The van der Waals surface area contributed by atoms with Gasteiger partial charge in [-0.15, -0.1) is 0 Å². The van der Waals surface area contributed by atoms with E-state index in [1.54, 1.807) is 12.1 Å². The van der Waals surface area contributed by atoms with Crippen molar-refractivity contribution in [1.82, 2.24) is 4.90 Å². The Morgan fingerprint density at radius 1 is 1.35 bits per heavy atom. The summed E-state index contributed by atoms with van der Waals surface area (Å²) in [7, 11) is 4.04. The van der Waals surface area contributed by atoms with Gasteiger partial charge >= 0.3 is 0 Å². The van der Waals surface area contributed by atoms with Crippen molar-refractivity contribution in [3.05, 3.63) is 35.6 Å². The Morgan fingerprint density at radius 3 is 2.47 bits per heavy atom. The Kier molecular flexibility index (Phi) is 4.66. The van der Waals surface area contributed by atoms with Crippen LogP contribution in [0.1, 0.15) is 31.9 Å². The molecule has 2 nitrogen and oxygen atoms in total. The molecular formula is C14H23FN2. The van der Waals surface area contributed by atoms with Crippen molar-refractivity contribution in [2.24, 2.45) is 11.1 Å². The summed E-state index contributed by atoms with van der Waals surface area (Å²) in [6.45, 7) is 5.00. The molecule has 3 heteroatoms. The van der Waals surface area contributed by atoms with Gasteiger partial charge in [0, 0.05) is 6.04 Å². The van der Waals surface area contributed by atoms with Gasteiger partial charge in [-0.25, -0.2) is 4.39 Å². The van der Waals surface area contributed by atoms with E-state index in [9.17, 15) is 4.39 Å². The molecule has 1 aromatic rings. The first-order chi connectivity index (χ1) is 7.88. The summed E-state index contributed by atoms with van der Waals surface area (Å²) >= 11 is 0. The Bertz CT molecular complexity index is 361. The fraction of sp³-hybridized carbons (Fsp3) is 0.571. The molecule has 0 aromatic heterocycles. The lowest BCUT2D eigenvalue weighted by Gasteiger charge is -2.39. The smallest absolute Gasteiger partial charge is 0.123 e. The number of hydrogen-bond donors (Lipinski definition) is 1. The highest BCUT2D eigenvalue weighted by molar-refractivity contribution is 5.22. The predicted molar refractivity (Wildman–Crippen MR) is 70.3 cm³/mol. The topological polar surface area (TPSA) is 29.3 Å². The monoisotopic (exact) mass is 238 g/mol. The summed E-state index contributed by atoms with van der Waals surface area (Å²) in [4.78, 5) is 2.13. The number of halogens is 1. The molecule has 17 heavy (non-hydrogen) atoms. The van der Waals surface area contributed by atoms with Crippen molar-refractivity contribution in [3.8, 4) is 0 Å². The minimum atomic E-state index is -0.183. The normalized spacial score (nSPS) is 14.1. The molecule has 0 saturated heterocycles. The average Bonchev–Trinajstić information content (AvgIpc) is 2.15. The van der Waals surface area contributed by atoms with Gasteiger partial charge in [0.05, 0.1) is 0 Å². The third-order valence-electron chi connectivity index (χ3n) is 3.21. The largest absolute Gasteiger partial charge is 0.330 e. The fourth-order valence-electron chi connectivity index (χ4n) is 2.63. The Morgan fingerprint density at radius 2 is 2.00 bits per heavy atom. The third kappa shape index (κ3) is 3.51. The van der Waals surface area contributed by atoms with Gasteiger partial charge in [0.25, 0.3) is 0 Å². The van der Waals surface area contributed by atoms with Crippen LogP contribution in [0.25, 0.3) is 0 Å². The number of rotatable bonds is 5. The lowest BCUT2D eigenvalue weighted by molar-refractivity contribution is 0.128. The standard InChI is InChI=1S/C14H23FN2/c1-14(2,8-9-16)13(17(3)4)11-6-5-7-12(15)10-11/h5-7,10,13H,8-9,16H2,1-4H3. The van der Waals surface area contributed by atoms with E-state index in [0.29, 0.717) is 6.54 Å². The zero-order valence-electron chi connectivity index (χ0n) is 11.2. The molecule has 1 atom stereocenters. The summed E-state index contributed by atoms with van der Waals surface area (Å²) < 4.78 is 13.3. The SMILES string of the molecule is CN(C)C(c1cccc(F)c1)C(C)(C)CCN. The van der Waals surface area contributed by atoms with Crippen LogP contribution in [-0.4, -0.2) is 25.5 Å². The molecule has 96 valence electrons. The molecule has 0 bridgehead atoms. The van der Waals surface area contributed by atoms with Crippen LogP contribution >= 0.6 is 0 Å². The van der Waals surface area contributed by atoms with Crippen LogP contribution in [0.4, 0.5) is 4.39 Å². The van der Waals surface area contributed by atoms with Crippen LogP contribution in [0.15, 0.2) is 24.3 Å². The lowest BCUT2D eigenvalue weighted by Crippen LogP contribution is -2.35. The summed E-state index contributed by atoms with van der Waals surface area (Å²) in [5.74, 6) is -0.183. The highest BCUT2D eigenvalue weighted by atomic mass is 19.1. The quantitative estimate of drug-likeness (QED) is 0.854. The molecular weight excluding hydrogens is 215 g/mol. The molecule has 0 amide bonds. The van der Waals surface area contributed by atoms with Gasteiger partial charge in [0.1, 0.15) is 5.82 Å². The van der Waals surface area contributed by atoms with Gasteiger partial charge in [-0.05, 0) is 50.2 Å². The number of nitrogens with zero attached hydrogens (tertiary/aromatic N) is 1. The molecule has 0 aliphatic rings. The first-order valence-electron chi connectivity index (χ1n) is 6.00. The second kappa shape index (κ2) is 5.61. The van der Waals surface area contributed by atoms with Gasteiger partial charge in [0.2, 0.25) is 0 Å². The molecule has 0 fully saturated rings. The van der Waals surface area contributed by atoms with E-state index < -0.39 is 0 Å². The van der Waals surface area contributed by atoms with Crippen molar-refractivity contribution in [2.75, 3.05) is 20.6 Å². The van der Waals surface area contributed by atoms with Gasteiger partial charge in [-0.3, -0.25) is 0 Å². The van der Waals surface area contributed by atoms with Crippen LogP contribution in [0.5, 0.6) is 0 Å². The first kappa shape index (κ1) is 14.1. The van der Waals surface area contributed by atoms with Gasteiger partial charge < -0.3 is 10.6 Å². The van der Waals surface area contributed by atoms with Crippen LogP contribution in [0, 0.1) is 11.2 Å². The van der Waals surface area contributed by atoms with Gasteiger partial charge in [0.15, 0.2) is 0 Å². The van der Waals surface area contributed by atoms with Crippen molar-refractivity contribution < 1.29 is 4.39 Å². The van der Waals surface area contributed by atoms with Crippen LogP contribution in [0.3, 0.4) is 0 Å². The highest BCUT2D eigenvalue weighted by Gasteiger charge is 2.31. The molecule has 0 saturated carbocycles. The molecule has 1 aromatic carbocycles. The molecule has 0 radical (unpaired) electrons. The van der Waals surface area contributed by atoms with E-state index >= 15 is 0 Å². The highest BCUT2D eigenvalue weighted by Crippen LogP contribution is 2.39. The number of benzene rings is 1. The first-order valence-corrected chi connectivity index (χ1v) is 6.00. The van der Waals surface area contributed by atoms with Gasteiger partial charge in [-0.2, -0.15) is 0 Å². The van der Waals surface area contributed by atoms with Crippen molar-refractivity contribution in [3.63, 3.8) is 0 Å². The van der Waals surface area contributed by atoms with E-state index in [-0.39, 0.29) is 17.3 Å². The molecule has 1 rings (SSSR count). The lowest BCUT2D eigenvalue weighted by atomic mass is 9.77. The minimum Gasteiger partial charge on any atom is -0.330 e. The van der Waals surface area contributed by atoms with E-state index in [2.05, 4.69) is 18.7 Å². The Balaban J connectivity index is 3.09. The second-order valence-corrected chi connectivity index (χ2v) is 5.45. The number of hydrogen-bond acceptors (Lipinski definition) is 2. The molecule has 0 aliphatic carbocycles. The van der Waals surface area contributed by atoms with E-state index in [0.717, 1.165) is 12.0 Å². The van der Waals surface area contributed by atoms with E-state index in [1.165, 1.54) is 6.07 Å². The average molecular weight is 238 g/mol. The van der Waals surface area contributed by atoms with Crippen LogP contribution < -0.4 is 5.73 Å². The maximum atomic E-state index is 13.3. The molecule has 0 heterocycles. The zero-order valence-corrected chi connectivity index (χ0v) is 11.2. The fourth-order valence-corrected chi connectivity index (χ4v) is 2.63. The Labute approximate surface area is 104 Å². The summed E-state index contributed by atoms with van der Waals surface area (Å²) in [5, 5.41) is 0. The maximum absolute atomic E-state index is 13.3.